The number of nitrogens with two attached hydrogens (primary N) is 1. The third-order valence-corrected chi connectivity index (χ3v) is 2.87. The van der Waals surface area contributed by atoms with Crippen LogP contribution in [0.4, 0.5) is 4.79 Å². The van der Waals surface area contributed by atoms with Gasteiger partial charge in [0.05, 0.1) is 13.0 Å². The van der Waals surface area contributed by atoms with Gasteiger partial charge in [-0.2, -0.15) is 0 Å². The fourth-order valence-electron chi connectivity index (χ4n) is 1.59. The van der Waals surface area contributed by atoms with Gasteiger partial charge in [-0.25, -0.2) is 4.79 Å². The SMILES string of the molecule is COC(=O)C(C)C(C)C(NC(=O)OC(C)(C)C)C(N)=O. The van der Waals surface area contributed by atoms with Crippen molar-refractivity contribution in [2.75, 3.05) is 7.11 Å². The number of methoxy groups -OCH3 is 1. The van der Waals surface area contributed by atoms with Crippen molar-refractivity contribution in [2.45, 2.75) is 46.3 Å². The van der Waals surface area contributed by atoms with Crippen LogP contribution in [0, 0.1) is 11.8 Å². The smallest absolute Gasteiger partial charge is 0.408 e. The Bertz CT molecular complexity index is 375. The first-order valence-electron chi connectivity index (χ1n) is 6.36. The normalized spacial score (nSPS) is 15.7. The molecule has 3 unspecified atom stereocenters. The zero-order valence-electron chi connectivity index (χ0n) is 12.9. The molecule has 0 radical (unpaired) electrons. The van der Waals surface area contributed by atoms with Crippen LogP contribution in [0.25, 0.3) is 0 Å². The van der Waals surface area contributed by atoms with E-state index in [0.717, 1.165) is 0 Å². The molecule has 3 N–H and O–H groups in total. The Hall–Kier alpha value is -1.79. The van der Waals surface area contributed by atoms with Crippen LogP contribution in [0.15, 0.2) is 0 Å². The van der Waals surface area contributed by atoms with Crippen LogP contribution in [0.2, 0.25) is 0 Å². The highest BCUT2D eigenvalue weighted by molar-refractivity contribution is 5.85. The van der Waals surface area contributed by atoms with Crippen LogP contribution in [0.3, 0.4) is 0 Å². The van der Waals surface area contributed by atoms with E-state index < -0.39 is 41.4 Å². The second-order valence-electron chi connectivity index (χ2n) is 5.70. The van der Waals surface area contributed by atoms with Crippen molar-refractivity contribution in [2.24, 2.45) is 17.6 Å². The maximum Gasteiger partial charge on any atom is 0.408 e. The minimum Gasteiger partial charge on any atom is -0.469 e. The number of carbonyl (C=O) groups is 3. The average molecular weight is 288 g/mol. The Morgan fingerprint density at radius 3 is 2.00 bits per heavy atom. The summed E-state index contributed by atoms with van der Waals surface area (Å²) >= 11 is 0. The van der Waals surface area contributed by atoms with E-state index >= 15 is 0 Å². The minimum atomic E-state index is -1.01. The lowest BCUT2D eigenvalue weighted by atomic mass is 9.88. The van der Waals surface area contributed by atoms with Crippen molar-refractivity contribution in [3.8, 4) is 0 Å². The number of alkyl carbamates (subject to hydrolysis) is 1. The number of hydrogen-bond donors (Lipinski definition) is 2. The van der Waals surface area contributed by atoms with Gasteiger partial charge >= 0.3 is 12.1 Å². The summed E-state index contributed by atoms with van der Waals surface area (Å²) < 4.78 is 9.67. The van der Waals surface area contributed by atoms with E-state index in [0.29, 0.717) is 0 Å². The van der Waals surface area contributed by atoms with Gasteiger partial charge in [0, 0.05) is 0 Å². The summed E-state index contributed by atoms with van der Waals surface area (Å²) in [6.45, 7) is 8.34. The van der Waals surface area contributed by atoms with Crippen LogP contribution in [-0.2, 0) is 19.1 Å². The molecule has 0 aliphatic carbocycles. The largest absolute Gasteiger partial charge is 0.469 e. The fraction of sp³-hybridized carbons (Fsp3) is 0.769. The van der Waals surface area contributed by atoms with E-state index in [1.165, 1.54) is 7.11 Å². The quantitative estimate of drug-likeness (QED) is 0.728. The topological polar surface area (TPSA) is 108 Å². The third-order valence-electron chi connectivity index (χ3n) is 2.87. The van der Waals surface area contributed by atoms with Crippen LogP contribution >= 0.6 is 0 Å². The second-order valence-corrected chi connectivity index (χ2v) is 5.70. The molecule has 3 atom stereocenters. The molecule has 0 saturated carbocycles. The number of hydrogen-bond acceptors (Lipinski definition) is 5. The zero-order chi connectivity index (χ0) is 16.1. The molecule has 0 rings (SSSR count). The summed E-state index contributed by atoms with van der Waals surface area (Å²) in [6, 6.07) is -1.01. The molecule has 116 valence electrons. The van der Waals surface area contributed by atoms with Crippen molar-refractivity contribution in [1.82, 2.24) is 5.32 Å². The highest BCUT2D eigenvalue weighted by Crippen LogP contribution is 2.17. The summed E-state index contributed by atoms with van der Waals surface area (Å²) in [4.78, 5) is 34.6. The number of rotatable bonds is 5. The number of ether oxygens (including phenoxy) is 2. The molecule has 7 heteroatoms. The van der Waals surface area contributed by atoms with Crippen LogP contribution in [0.1, 0.15) is 34.6 Å². The van der Waals surface area contributed by atoms with Gasteiger partial charge in [0.15, 0.2) is 0 Å². The van der Waals surface area contributed by atoms with Crippen molar-refractivity contribution in [1.29, 1.82) is 0 Å². The standard InChI is InChI=1S/C13H24N2O5/c1-7(8(2)11(17)19-6)9(10(14)16)15-12(18)20-13(3,4)5/h7-9H,1-6H3,(H2,14,16)(H,15,18). The summed E-state index contributed by atoms with van der Waals surface area (Å²) in [5, 5.41) is 2.39. The molecule has 0 aromatic heterocycles. The maximum atomic E-state index is 11.7. The predicted molar refractivity (Wildman–Crippen MR) is 72.7 cm³/mol. The van der Waals surface area contributed by atoms with E-state index in [9.17, 15) is 14.4 Å². The molecule has 0 bridgehead atoms. The van der Waals surface area contributed by atoms with Crippen LogP contribution < -0.4 is 11.1 Å². The van der Waals surface area contributed by atoms with Gasteiger partial charge in [-0.05, 0) is 26.7 Å². The second kappa shape index (κ2) is 7.12. The average Bonchev–Trinajstić information content (AvgIpc) is 2.30. The third kappa shape index (κ3) is 5.90. The number of amides is 2. The molecular weight excluding hydrogens is 264 g/mol. The Balaban J connectivity index is 4.86. The minimum absolute atomic E-state index is 0.477. The van der Waals surface area contributed by atoms with E-state index in [1.54, 1.807) is 34.6 Å². The van der Waals surface area contributed by atoms with Gasteiger partial charge in [0.25, 0.3) is 0 Å². The lowest BCUT2D eigenvalue weighted by Crippen LogP contribution is -2.52. The molecule has 0 aromatic carbocycles. The van der Waals surface area contributed by atoms with Gasteiger partial charge in [-0.1, -0.05) is 13.8 Å². The molecule has 0 aliphatic heterocycles. The first kappa shape index (κ1) is 18.2. The van der Waals surface area contributed by atoms with E-state index in [2.05, 4.69) is 10.1 Å². The Labute approximate surface area is 119 Å². The number of nitrogens with one attached hydrogen (secondary N) is 1. The Morgan fingerprint density at radius 2 is 1.65 bits per heavy atom. The summed E-state index contributed by atoms with van der Waals surface area (Å²) in [6.07, 6.45) is -0.759. The highest BCUT2D eigenvalue weighted by atomic mass is 16.6. The fourth-order valence-corrected chi connectivity index (χ4v) is 1.59. The van der Waals surface area contributed by atoms with Gasteiger partial charge in [-0.15, -0.1) is 0 Å². The molecule has 0 saturated heterocycles. The lowest BCUT2D eigenvalue weighted by Gasteiger charge is -2.27. The van der Waals surface area contributed by atoms with Crippen LogP contribution in [-0.4, -0.2) is 36.7 Å². The maximum absolute atomic E-state index is 11.7. The number of esters is 1. The van der Waals surface area contributed by atoms with E-state index in [-0.39, 0.29) is 0 Å². The van der Waals surface area contributed by atoms with E-state index in [4.69, 9.17) is 10.5 Å². The van der Waals surface area contributed by atoms with Crippen molar-refractivity contribution in [3.63, 3.8) is 0 Å². The van der Waals surface area contributed by atoms with E-state index in [1.807, 2.05) is 0 Å². The first-order chi connectivity index (χ1) is 8.99. The molecule has 0 fully saturated rings. The lowest BCUT2D eigenvalue weighted by molar-refractivity contribution is -0.147. The van der Waals surface area contributed by atoms with Gasteiger partial charge in [-0.3, -0.25) is 9.59 Å². The van der Waals surface area contributed by atoms with Gasteiger partial charge < -0.3 is 20.5 Å². The van der Waals surface area contributed by atoms with Crippen LogP contribution in [0.5, 0.6) is 0 Å². The molecule has 20 heavy (non-hydrogen) atoms. The predicted octanol–water partition coefficient (Wildman–Crippen LogP) is 0.810. The zero-order valence-corrected chi connectivity index (χ0v) is 12.9. The van der Waals surface area contributed by atoms with Crippen molar-refractivity contribution in [3.05, 3.63) is 0 Å². The molecule has 2 amide bonds. The highest BCUT2D eigenvalue weighted by Gasteiger charge is 2.33. The molecule has 7 nitrogen and oxygen atoms in total. The Kier molecular flexibility index (Phi) is 6.48. The summed E-state index contributed by atoms with van der Waals surface area (Å²) in [5.74, 6) is -2.33. The van der Waals surface area contributed by atoms with Gasteiger partial charge in [0.1, 0.15) is 11.6 Å². The molecular formula is C13H24N2O5. The summed E-state index contributed by atoms with van der Waals surface area (Å²) in [7, 11) is 1.26. The first-order valence-corrected chi connectivity index (χ1v) is 6.36. The molecule has 0 aliphatic rings. The molecule has 0 spiro atoms. The number of primary amides is 1. The monoisotopic (exact) mass is 288 g/mol. The number of carbonyl (C=O) groups excluding carboxylic acids is 3. The van der Waals surface area contributed by atoms with Crippen molar-refractivity contribution < 1.29 is 23.9 Å². The van der Waals surface area contributed by atoms with Crippen molar-refractivity contribution >= 4 is 18.0 Å². The summed E-state index contributed by atoms with van der Waals surface area (Å²) in [5.41, 5.74) is 4.58. The molecule has 0 aromatic rings. The molecule has 0 heterocycles. The Morgan fingerprint density at radius 1 is 1.15 bits per heavy atom. The van der Waals surface area contributed by atoms with Gasteiger partial charge in [0.2, 0.25) is 5.91 Å².